The highest BCUT2D eigenvalue weighted by atomic mass is 16.2. The number of carbonyl (C=O) groups is 1. The van der Waals surface area contributed by atoms with Crippen LogP contribution in [0.15, 0.2) is 54.7 Å². The van der Waals surface area contributed by atoms with Gasteiger partial charge in [0.25, 0.3) is 5.91 Å². The number of rotatable bonds is 3. The molecule has 3 aromatic rings. The molecule has 0 bridgehead atoms. The van der Waals surface area contributed by atoms with Gasteiger partial charge >= 0.3 is 0 Å². The van der Waals surface area contributed by atoms with Crippen LogP contribution in [0.1, 0.15) is 22.1 Å². The second kappa shape index (κ2) is 6.46. The molecule has 3 heterocycles. The van der Waals surface area contributed by atoms with Gasteiger partial charge in [0.05, 0.1) is 0 Å². The summed E-state index contributed by atoms with van der Waals surface area (Å²) in [6.07, 6.45) is 1.77. The molecule has 0 aliphatic carbocycles. The normalized spacial score (nSPS) is 19.9. The molecular weight excluding hydrogens is 326 g/mol. The fraction of sp³-hybridized carbons (Fsp3) is 0.300. The number of amides is 1. The zero-order valence-electron chi connectivity index (χ0n) is 15.0. The summed E-state index contributed by atoms with van der Waals surface area (Å²) < 4.78 is 3.80. The summed E-state index contributed by atoms with van der Waals surface area (Å²) >= 11 is 0. The van der Waals surface area contributed by atoms with Gasteiger partial charge in [-0.3, -0.25) is 9.48 Å². The van der Waals surface area contributed by atoms with E-state index < -0.39 is 0 Å². The van der Waals surface area contributed by atoms with Crippen molar-refractivity contribution in [3.63, 3.8) is 0 Å². The smallest absolute Gasteiger partial charge is 0.270 e. The second-order valence-electron chi connectivity index (χ2n) is 6.89. The van der Waals surface area contributed by atoms with E-state index in [1.54, 1.807) is 6.20 Å². The number of aryl methyl sites for hydroxylation is 1. The largest absolute Gasteiger partial charge is 0.340 e. The number of carbonyl (C=O) groups excluding carboxylic acids is 1. The summed E-state index contributed by atoms with van der Waals surface area (Å²) in [5.41, 5.74) is 10.2. The zero-order valence-corrected chi connectivity index (χ0v) is 15.0. The van der Waals surface area contributed by atoms with Crippen molar-refractivity contribution in [1.82, 2.24) is 19.2 Å². The molecule has 1 fully saturated rings. The van der Waals surface area contributed by atoms with Gasteiger partial charge in [-0.05, 0) is 23.8 Å². The average Bonchev–Trinajstić information content (AvgIpc) is 3.34. The number of hydrogen-bond donors (Lipinski definition) is 1. The van der Waals surface area contributed by atoms with E-state index in [0.29, 0.717) is 18.8 Å². The number of nitrogens with two attached hydrogens (primary N) is 1. The van der Waals surface area contributed by atoms with Gasteiger partial charge in [0.2, 0.25) is 0 Å². The Morgan fingerprint density at radius 3 is 2.54 bits per heavy atom. The van der Waals surface area contributed by atoms with E-state index in [0.717, 1.165) is 17.0 Å². The number of benzene rings is 1. The molecule has 2 atom stereocenters. The van der Waals surface area contributed by atoms with Crippen LogP contribution in [-0.2, 0) is 14.1 Å². The third-order valence-corrected chi connectivity index (χ3v) is 5.30. The quantitative estimate of drug-likeness (QED) is 0.786. The highest BCUT2D eigenvalue weighted by Crippen LogP contribution is 2.28. The molecule has 1 amide bonds. The van der Waals surface area contributed by atoms with E-state index in [1.165, 1.54) is 0 Å². The van der Waals surface area contributed by atoms with Crippen LogP contribution in [-0.4, -0.2) is 44.3 Å². The highest BCUT2D eigenvalue weighted by molar-refractivity contribution is 5.94. The molecule has 6 nitrogen and oxygen atoms in total. The maximum atomic E-state index is 13.1. The summed E-state index contributed by atoms with van der Waals surface area (Å²) in [6, 6.07) is 15.9. The first-order chi connectivity index (χ1) is 12.6. The van der Waals surface area contributed by atoms with Crippen LogP contribution < -0.4 is 5.73 Å². The predicted octanol–water partition coefficient (Wildman–Crippen LogP) is 1.99. The van der Waals surface area contributed by atoms with Crippen molar-refractivity contribution < 1.29 is 4.79 Å². The van der Waals surface area contributed by atoms with E-state index in [9.17, 15) is 4.79 Å². The van der Waals surface area contributed by atoms with Gasteiger partial charge < -0.3 is 15.2 Å². The fourth-order valence-electron chi connectivity index (χ4n) is 3.84. The molecule has 134 valence electrons. The number of aromatic nitrogens is 3. The van der Waals surface area contributed by atoms with Gasteiger partial charge in [0.15, 0.2) is 0 Å². The van der Waals surface area contributed by atoms with E-state index in [2.05, 4.69) is 5.10 Å². The lowest BCUT2D eigenvalue weighted by atomic mass is 10.0. The van der Waals surface area contributed by atoms with E-state index in [-0.39, 0.29) is 17.9 Å². The van der Waals surface area contributed by atoms with E-state index in [1.807, 2.05) is 76.8 Å². The Hall–Kier alpha value is -2.86. The standard InChI is InChI=1S/C20H23N5O/c1-23-17(14-6-4-3-5-7-14)8-9-19(23)20(26)25-12-15(16(21)13-25)18-10-11-22-24(18)2/h3-11,15-16H,12-13,21H2,1-2H3/t15-,16-/m1/s1. The fourth-order valence-corrected chi connectivity index (χ4v) is 3.84. The molecule has 2 aromatic heterocycles. The van der Waals surface area contributed by atoms with Crippen LogP contribution >= 0.6 is 0 Å². The Balaban J connectivity index is 1.58. The van der Waals surface area contributed by atoms with Crippen molar-refractivity contribution in [3.8, 4) is 11.3 Å². The Bertz CT molecular complexity index is 927. The third-order valence-electron chi connectivity index (χ3n) is 5.30. The second-order valence-corrected chi connectivity index (χ2v) is 6.89. The Kier molecular flexibility index (Phi) is 4.12. The van der Waals surface area contributed by atoms with Gasteiger partial charge in [-0.25, -0.2) is 0 Å². The monoisotopic (exact) mass is 349 g/mol. The molecule has 0 radical (unpaired) electrons. The molecule has 6 heteroatoms. The maximum Gasteiger partial charge on any atom is 0.270 e. The lowest BCUT2D eigenvalue weighted by molar-refractivity contribution is 0.0779. The van der Waals surface area contributed by atoms with Gasteiger partial charge in [0.1, 0.15) is 5.69 Å². The Labute approximate surface area is 152 Å². The lowest BCUT2D eigenvalue weighted by Crippen LogP contribution is -2.33. The first-order valence-corrected chi connectivity index (χ1v) is 8.80. The topological polar surface area (TPSA) is 69.1 Å². The molecule has 0 saturated carbocycles. The molecule has 1 aromatic carbocycles. The molecule has 1 aliphatic rings. The van der Waals surface area contributed by atoms with Gasteiger partial charge in [0, 0.05) is 56.7 Å². The van der Waals surface area contributed by atoms with Crippen LogP contribution in [0.4, 0.5) is 0 Å². The molecule has 26 heavy (non-hydrogen) atoms. The highest BCUT2D eigenvalue weighted by Gasteiger charge is 2.36. The molecular formula is C20H23N5O. The van der Waals surface area contributed by atoms with Crippen molar-refractivity contribution in [2.75, 3.05) is 13.1 Å². The average molecular weight is 349 g/mol. The van der Waals surface area contributed by atoms with Crippen molar-refractivity contribution in [3.05, 3.63) is 66.1 Å². The number of likely N-dealkylation sites (tertiary alicyclic amines) is 1. The number of hydrogen-bond acceptors (Lipinski definition) is 3. The van der Waals surface area contributed by atoms with Gasteiger partial charge in [-0.1, -0.05) is 30.3 Å². The zero-order chi connectivity index (χ0) is 18.3. The predicted molar refractivity (Wildman–Crippen MR) is 101 cm³/mol. The summed E-state index contributed by atoms with van der Waals surface area (Å²) in [5.74, 6) is 0.134. The van der Waals surface area contributed by atoms with Gasteiger partial charge in [-0.2, -0.15) is 5.10 Å². The summed E-state index contributed by atoms with van der Waals surface area (Å²) in [4.78, 5) is 14.9. The molecule has 1 saturated heterocycles. The summed E-state index contributed by atoms with van der Waals surface area (Å²) in [7, 11) is 3.85. The van der Waals surface area contributed by atoms with Gasteiger partial charge in [-0.15, -0.1) is 0 Å². The molecule has 2 N–H and O–H groups in total. The molecule has 4 rings (SSSR count). The third kappa shape index (κ3) is 2.72. The first kappa shape index (κ1) is 16.6. The summed E-state index contributed by atoms with van der Waals surface area (Å²) in [5, 5.41) is 4.23. The van der Waals surface area contributed by atoms with Crippen molar-refractivity contribution in [1.29, 1.82) is 0 Å². The molecule has 1 aliphatic heterocycles. The van der Waals surface area contributed by atoms with Crippen LogP contribution in [0, 0.1) is 0 Å². The maximum absolute atomic E-state index is 13.1. The Morgan fingerprint density at radius 2 is 1.85 bits per heavy atom. The summed E-state index contributed by atoms with van der Waals surface area (Å²) in [6.45, 7) is 1.17. The minimum Gasteiger partial charge on any atom is -0.340 e. The Morgan fingerprint density at radius 1 is 1.08 bits per heavy atom. The number of nitrogens with zero attached hydrogens (tertiary/aromatic N) is 4. The molecule has 0 unspecified atom stereocenters. The van der Waals surface area contributed by atoms with Crippen LogP contribution in [0.2, 0.25) is 0 Å². The van der Waals surface area contributed by atoms with Crippen molar-refractivity contribution in [2.24, 2.45) is 19.8 Å². The lowest BCUT2D eigenvalue weighted by Gasteiger charge is -2.17. The van der Waals surface area contributed by atoms with E-state index >= 15 is 0 Å². The van der Waals surface area contributed by atoms with Crippen molar-refractivity contribution in [2.45, 2.75) is 12.0 Å². The first-order valence-electron chi connectivity index (χ1n) is 8.80. The van der Waals surface area contributed by atoms with Crippen LogP contribution in [0.3, 0.4) is 0 Å². The molecule has 0 spiro atoms. The minimum atomic E-state index is -0.0804. The minimum absolute atomic E-state index is 0.0230. The van der Waals surface area contributed by atoms with Crippen molar-refractivity contribution >= 4 is 5.91 Å². The van der Waals surface area contributed by atoms with Crippen LogP contribution in [0.25, 0.3) is 11.3 Å². The van der Waals surface area contributed by atoms with E-state index in [4.69, 9.17) is 5.73 Å². The SMILES string of the molecule is Cn1nccc1[C@@H]1CN(C(=O)c2ccc(-c3ccccc3)n2C)C[C@H]1N. The van der Waals surface area contributed by atoms with Crippen LogP contribution in [0.5, 0.6) is 0 Å².